The van der Waals surface area contributed by atoms with Crippen LogP contribution in [0.15, 0.2) is 34.8 Å². The van der Waals surface area contributed by atoms with Crippen molar-refractivity contribution in [3.05, 3.63) is 46.4 Å². The molecule has 0 atom stereocenters. The number of H-pyrrole nitrogens is 1. The van der Waals surface area contributed by atoms with Crippen LogP contribution in [0, 0.1) is 11.6 Å². The van der Waals surface area contributed by atoms with E-state index in [0.717, 1.165) is 0 Å². The van der Waals surface area contributed by atoms with Crippen molar-refractivity contribution < 1.29 is 13.5 Å². The molecule has 0 saturated heterocycles. The minimum absolute atomic E-state index is 0.165. The number of nitrogens with one attached hydrogen (secondary N) is 1. The molecule has 3 nitrogen and oxygen atoms in total. The van der Waals surface area contributed by atoms with Crippen LogP contribution in [-0.2, 0) is 0 Å². The quantitative estimate of drug-likeness (QED) is 0.757. The van der Waals surface area contributed by atoms with Crippen LogP contribution >= 0.6 is 15.9 Å². The number of ether oxygens (including phenoxy) is 1. The van der Waals surface area contributed by atoms with Crippen LogP contribution in [0.4, 0.5) is 8.78 Å². The van der Waals surface area contributed by atoms with E-state index in [0.29, 0.717) is 26.9 Å². The van der Waals surface area contributed by atoms with Gasteiger partial charge in [-0.15, -0.1) is 0 Å². The maximum Gasteiger partial charge on any atom is 0.165 e. The Kier molecular flexibility index (Phi) is 3.17. The van der Waals surface area contributed by atoms with Gasteiger partial charge in [-0.3, -0.25) is 0 Å². The number of hydrogen-bond donors (Lipinski definition) is 1. The van der Waals surface area contributed by atoms with Crippen molar-refractivity contribution in [1.82, 2.24) is 9.97 Å². The lowest BCUT2D eigenvalue weighted by Gasteiger charge is -2.02. The maximum absolute atomic E-state index is 13.7. The average molecular weight is 339 g/mol. The summed E-state index contributed by atoms with van der Waals surface area (Å²) in [6.07, 6.45) is 0. The molecule has 1 heterocycles. The Morgan fingerprint density at radius 3 is 2.65 bits per heavy atom. The fourth-order valence-corrected chi connectivity index (χ4v) is 2.29. The van der Waals surface area contributed by atoms with Gasteiger partial charge in [0.25, 0.3) is 0 Å². The number of benzene rings is 2. The molecule has 20 heavy (non-hydrogen) atoms. The largest absolute Gasteiger partial charge is 0.494 e. The lowest BCUT2D eigenvalue weighted by molar-refractivity contribution is 0.386. The van der Waals surface area contributed by atoms with E-state index in [1.807, 2.05) is 0 Å². The first-order valence-corrected chi connectivity index (χ1v) is 6.56. The topological polar surface area (TPSA) is 37.9 Å². The third-order valence-corrected chi connectivity index (χ3v) is 3.56. The lowest BCUT2D eigenvalue weighted by Crippen LogP contribution is -1.89. The number of hydrogen-bond acceptors (Lipinski definition) is 2. The molecule has 6 heteroatoms. The molecule has 2 aromatic carbocycles. The zero-order chi connectivity index (χ0) is 14.3. The van der Waals surface area contributed by atoms with E-state index in [4.69, 9.17) is 4.74 Å². The van der Waals surface area contributed by atoms with Crippen molar-refractivity contribution in [2.24, 2.45) is 0 Å². The van der Waals surface area contributed by atoms with Crippen molar-refractivity contribution >= 4 is 27.0 Å². The van der Waals surface area contributed by atoms with Gasteiger partial charge in [0.1, 0.15) is 11.6 Å². The molecule has 102 valence electrons. The van der Waals surface area contributed by atoms with Gasteiger partial charge in [-0.2, -0.15) is 0 Å². The SMILES string of the molecule is COc1ccc(-c2nc3cc(Br)c(F)cc3[nH]2)cc1F. The van der Waals surface area contributed by atoms with E-state index in [1.165, 1.54) is 25.3 Å². The molecule has 0 unspecified atom stereocenters. The molecule has 0 bridgehead atoms. The molecule has 0 aliphatic heterocycles. The van der Waals surface area contributed by atoms with Gasteiger partial charge in [-0.05, 0) is 40.2 Å². The maximum atomic E-state index is 13.7. The fourth-order valence-electron chi connectivity index (χ4n) is 1.96. The van der Waals surface area contributed by atoms with Gasteiger partial charge < -0.3 is 9.72 Å². The Hall–Kier alpha value is -1.95. The zero-order valence-corrected chi connectivity index (χ0v) is 12.0. The van der Waals surface area contributed by atoms with Crippen LogP contribution in [0.5, 0.6) is 5.75 Å². The normalized spacial score (nSPS) is 11.0. The van der Waals surface area contributed by atoms with Gasteiger partial charge in [0, 0.05) is 11.6 Å². The van der Waals surface area contributed by atoms with Crippen LogP contribution in [0.2, 0.25) is 0 Å². The number of aromatic nitrogens is 2. The molecular formula is C14H9BrF2N2O. The lowest BCUT2D eigenvalue weighted by atomic mass is 10.2. The summed E-state index contributed by atoms with van der Waals surface area (Å²) in [6, 6.07) is 7.45. The standard InChI is InChI=1S/C14H9BrF2N2O/c1-20-13-3-2-7(4-10(13)17)14-18-11-5-8(15)9(16)6-12(11)19-14/h2-6H,1H3,(H,18,19). The summed E-state index contributed by atoms with van der Waals surface area (Å²) in [6.45, 7) is 0. The second-order valence-corrected chi connectivity index (χ2v) is 5.07. The first kappa shape index (κ1) is 13.1. The summed E-state index contributed by atoms with van der Waals surface area (Å²) in [4.78, 5) is 7.29. The van der Waals surface area contributed by atoms with Gasteiger partial charge >= 0.3 is 0 Å². The predicted molar refractivity (Wildman–Crippen MR) is 75.7 cm³/mol. The molecule has 0 aliphatic carbocycles. The second-order valence-electron chi connectivity index (χ2n) is 4.22. The van der Waals surface area contributed by atoms with E-state index in [1.54, 1.807) is 12.1 Å². The van der Waals surface area contributed by atoms with Gasteiger partial charge in [0.2, 0.25) is 0 Å². The van der Waals surface area contributed by atoms with Crippen LogP contribution in [0.25, 0.3) is 22.4 Å². The first-order valence-electron chi connectivity index (χ1n) is 5.77. The van der Waals surface area contributed by atoms with Crippen LogP contribution in [0.3, 0.4) is 0 Å². The van der Waals surface area contributed by atoms with Crippen LogP contribution in [0.1, 0.15) is 0 Å². The molecule has 0 saturated carbocycles. The van der Waals surface area contributed by atoms with Crippen molar-refractivity contribution in [3.63, 3.8) is 0 Å². The third-order valence-electron chi connectivity index (χ3n) is 2.95. The van der Waals surface area contributed by atoms with Crippen LogP contribution in [-0.4, -0.2) is 17.1 Å². The number of methoxy groups -OCH3 is 1. The summed E-state index contributed by atoms with van der Waals surface area (Å²) < 4.78 is 32.3. The molecular weight excluding hydrogens is 330 g/mol. The minimum Gasteiger partial charge on any atom is -0.494 e. The summed E-state index contributed by atoms with van der Waals surface area (Å²) in [5.41, 5.74) is 1.72. The summed E-state index contributed by atoms with van der Waals surface area (Å²) >= 11 is 3.11. The number of fused-ring (bicyclic) bond motifs is 1. The predicted octanol–water partition coefficient (Wildman–Crippen LogP) is 4.28. The molecule has 0 amide bonds. The van der Waals surface area contributed by atoms with Gasteiger partial charge in [0.05, 0.1) is 22.6 Å². The number of nitrogens with zero attached hydrogens (tertiary/aromatic N) is 1. The second kappa shape index (κ2) is 4.86. The Balaban J connectivity index is 2.12. The first-order chi connectivity index (χ1) is 9.58. The van der Waals surface area contributed by atoms with Crippen molar-refractivity contribution in [2.75, 3.05) is 7.11 Å². The number of imidazole rings is 1. The minimum atomic E-state index is -0.474. The van der Waals surface area contributed by atoms with E-state index in [-0.39, 0.29) is 11.6 Å². The number of rotatable bonds is 2. The highest BCUT2D eigenvalue weighted by Crippen LogP contribution is 2.27. The fraction of sp³-hybridized carbons (Fsp3) is 0.0714. The third kappa shape index (κ3) is 2.16. The van der Waals surface area contributed by atoms with E-state index in [2.05, 4.69) is 25.9 Å². The van der Waals surface area contributed by atoms with Crippen LogP contribution < -0.4 is 4.74 Å². The summed E-state index contributed by atoms with van der Waals surface area (Å²) in [5.74, 6) is -0.218. The number of aromatic amines is 1. The summed E-state index contributed by atoms with van der Waals surface area (Å²) in [5, 5.41) is 0. The van der Waals surface area contributed by atoms with E-state index < -0.39 is 5.82 Å². The highest BCUT2D eigenvalue weighted by molar-refractivity contribution is 9.10. The van der Waals surface area contributed by atoms with Crippen molar-refractivity contribution in [3.8, 4) is 17.1 Å². The molecule has 0 fully saturated rings. The molecule has 3 aromatic rings. The molecule has 3 rings (SSSR count). The Morgan fingerprint density at radius 2 is 1.95 bits per heavy atom. The number of halogens is 3. The molecule has 1 aromatic heterocycles. The highest BCUT2D eigenvalue weighted by atomic mass is 79.9. The molecule has 0 spiro atoms. The Morgan fingerprint density at radius 1 is 1.15 bits per heavy atom. The molecule has 1 N–H and O–H groups in total. The van der Waals surface area contributed by atoms with E-state index in [9.17, 15) is 8.78 Å². The summed E-state index contributed by atoms with van der Waals surface area (Å²) in [7, 11) is 1.40. The smallest absolute Gasteiger partial charge is 0.165 e. The molecule has 0 aliphatic rings. The monoisotopic (exact) mass is 338 g/mol. The van der Waals surface area contributed by atoms with Crippen molar-refractivity contribution in [1.29, 1.82) is 0 Å². The Labute approximate surface area is 121 Å². The van der Waals surface area contributed by atoms with E-state index >= 15 is 0 Å². The average Bonchev–Trinajstić information content (AvgIpc) is 2.82. The molecule has 0 radical (unpaired) electrons. The van der Waals surface area contributed by atoms with Gasteiger partial charge in [-0.25, -0.2) is 13.8 Å². The zero-order valence-electron chi connectivity index (χ0n) is 10.4. The highest BCUT2D eigenvalue weighted by Gasteiger charge is 2.11. The Bertz CT molecular complexity index is 762. The van der Waals surface area contributed by atoms with Gasteiger partial charge in [0.15, 0.2) is 11.6 Å². The van der Waals surface area contributed by atoms with Gasteiger partial charge in [-0.1, -0.05) is 0 Å². The van der Waals surface area contributed by atoms with Crippen molar-refractivity contribution in [2.45, 2.75) is 0 Å².